The molecule has 1 fully saturated rings. The molecule has 6 amide bonds. The molecule has 0 bridgehead atoms. The summed E-state index contributed by atoms with van der Waals surface area (Å²) >= 11 is 0. The minimum absolute atomic E-state index is 0.0895. The van der Waals surface area contributed by atoms with Crippen molar-refractivity contribution in [2.45, 2.75) is 26.2 Å². The van der Waals surface area contributed by atoms with Gasteiger partial charge in [0.05, 0.1) is 29.2 Å². The molecule has 0 radical (unpaired) electrons. The Morgan fingerprint density at radius 3 is 1.98 bits per heavy atom. The van der Waals surface area contributed by atoms with Crippen molar-refractivity contribution >= 4 is 41.1 Å². The highest BCUT2D eigenvalue weighted by Crippen LogP contribution is 2.29. The third-order valence-electron chi connectivity index (χ3n) is 7.21. The lowest BCUT2D eigenvalue weighted by atomic mass is 9.91. The maximum Gasteiger partial charge on any atom is 0.261 e. The van der Waals surface area contributed by atoms with Crippen LogP contribution in [-0.4, -0.2) is 59.3 Å². The zero-order valence-corrected chi connectivity index (χ0v) is 23.0. The van der Waals surface area contributed by atoms with Gasteiger partial charge in [0.25, 0.3) is 17.7 Å². The summed E-state index contributed by atoms with van der Waals surface area (Å²) in [7, 11) is 2.94. The molecule has 0 saturated carbocycles. The normalized spacial score (nSPS) is 18.8. The van der Waals surface area contributed by atoms with Crippen LogP contribution in [0.25, 0.3) is 0 Å². The van der Waals surface area contributed by atoms with E-state index < -0.39 is 5.92 Å². The van der Waals surface area contributed by atoms with E-state index in [-0.39, 0.29) is 48.3 Å². The topological polar surface area (TPSA) is 112 Å². The number of imide groups is 3. The molecule has 5 rings (SSSR count). The Bertz CT molecular complexity index is 1540. The Morgan fingerprint density at radius 1 is 0.805 bits per heavy atom. The van der Waals surface area contributed by atoms with Gasteiger partial charge in [-0.15, -0.1) is 5.73 Å². The molecule has 0 aliphatic carbocycles. The zero-order valence-electron chi connectivity index (χ0n) is 23.0. The summed E-state index contributed by atoms with van der Waals surface area (Å²) in [6.45, 7) is 5.41. The largest absolute Gasteiger partial charge is 0.281 e. The van der Waals surface area contributed by atoms with Crippen molar-refractivity contribution in [1.82, 2.24) is 9.80 Å². The van der Waals surface area contributed by atoms with Crippen LogP contribution >= 0.6 is 0 Å². The maximum absolute atomic E-state index is 12.7. The number of piperidine rings is 1. The molecule has 1 saturated heterocycles. The van der Waals surface area contributed by atoms with Gasteiger partial charge in [-0.25, -0.2) is 4.90 Å². The Kier molecular flexibility index (Phi) is 8.40. The first kappa shape index (κ1) is 28.9. The average molecular weight is 552 g/mol. The van der Waals surface area contributed by atoms with E-state index in [1.807, 2.05) is 6.07 Å². The van der Waals surface area contributed by atoms with Crippen LogP contribution in [0.2, 0.25) is 0 Å². The van der Waals surface area contributed by atoms with Gasteiger partial charge in [-0.3, -0.25) is 38.6 Å². The molecule has 3 aliphatic rings. The van der Waals surface area contributed by atoms with Crippen LogP contribution in [0.5, 0.6) is 0 Å². The molecule has 3 heterocycles. The number of fused-ring (bicyclic) bond motifs is 1. The van der Waals surface area contributed by atoms with E-state index in [0.717, 1.165) is 9.80 Å². The first-order chi connectivity index (χ1) is 19.6. The lowest BCUT2D eigenvalue weighted by Gasteiger charge is -2.30. The van der Waals surface area contributed by atoms with Crippen LogP contribution < -0.4 is 4.90 Å². The lowest BCUT2D eigenvalue weighted by Crippen LogP contribution is -2.45. The summed E-state index contributed by atoms with van der Waals surface area (Å²) in [5.41, 5.74) is 6.29. The van der Waals surface area contributed by atoms with Crippen LogP contribution in [0, 0.1) is 5.92 Å². The van der Waals surface area contributed by atoms with Gasteiger partial charge >= 0.3 is 0 Å². The van der Waals surface area contributed by atoms with Gasteiger partial charge in [0, 0.05) is 26.1 Å². The minimum atomic E-state index is -0.488. The number of anilines is 1. The highest BCUT2D eigenvalue weighted by atomic mass is 16.2. The molecule has 0 spiro atoms. The summed E-state index contributed by atoms with van der Waals surface area (Å²) < 4.78 is 0. The highest BCUT2D eigenvalue weighted by Gasteiger charge is 2.36. The van der Waals surface area contributed by atoms with Crippen LogP contribution in [0.15, 0.2) is 95.8 Å². The van der Waals surface area contributed by atoms with Crippen molar-refractivity contribution in [1.29, 1.82) is 0 Å². The smallest absolute Gasteiger partial charge is 0.261 e. The minimum Gasteiger partial charge on any atom is -0.281 e. The van der Waals surface area contributed by atoms with Crippen molar-refractivity contribution < 1.29 is 28.8 Å². The molecular weight excluding hydrogens is 522 g/mol. The first-order valence-electron chi connectivity index (χ1n) is 13.0. The third kappa shape index (κ3) is 5.62. The van der Waals surface area contributed by atoms with Crippen molar-refractivity contribution in [3.8, 4) is 0 Å². The van der Waals surface area contributed by atoms with Gasteiger partial charge in [-0.2, -0.15) is 0 Å². The molecule has 9 nitrogen and oxygen atoms in total. The zero-order chi connectivity index (χ0) is 29.8. The standard InChI is InChI=1S/C23H22N2O4.C9H7NO2/c1-4-19-17(14-20(26)24(3)23(19)29)10-8-9-16-13-21(27)25(22(28)15(16)2)18-11-6-5-7-12-18;1-10-8(11)6-4-2-3-5-7(6)9(10)12/h4-8,11-12,15H,1,10,13-14H2,2-3H3;2-5H,1H3. The van der Waals surface area contributed by atoms with Crippen LogP contribution in [0.4, 0.5) is 5.69 Å². The molecule has 0 N–H and O–H groups in total. The second-order valence-corrected chi connectivity index (χ2v) is 9.75. The van der Waals surface area contributed by atoms with Crippen molar-refractivity contribution in [3.05, 3.63) is 107 Å². The number of amides is 6. The van der Waals surface area contributed by atoms with E-state index in [9.17, 15) is 28.8 Å². The average Bonchev–Trinajstić information content (AvgIpc) is 3.19. The predicted octanol–water partition coefficient (Wildman–Crippen LogP) is 3.84. The molecule has 9 heteroatoms. The Hall–Kier alpha value is -5.14. The Labute approximate surface area is 237 Å². The number of carbonyl (C=O) groups is 6. The fourth-order valence-corrected chi connectivity index (χ4v) is 4.76. The van der Waals surface area contributed by atoms with E-state index in [1.54, 1.807) is 61.5 Å². The maximum atomic E-state index is 12.7. The van der Waals surface area contributed by atoms with E-state index in [0.29, 0.717) is 40.0 Å². The number of likely N-dealkylation sites (N-methyl/N-ethyl adjacent to an activating group) is 1. The molecule has 0 aromatic heterocycles. The summed E-state index contributed by atoms with van der Waals surface area (Å²) in [6, 6.07) is 15.7. The second kappa shape index (κ2) is 11.9. The lowest BCUT2D eigenvalue weighted by molar-refractivity contribution is -0.141. The fraction of sp³-hybridized carbons (Fsp3) is 0.219. The van der Waals surface area contributed by atoms with E-state index in [1.165, 1.54) is 25.1 Å². The highest BCUT2D eigenvalue weighted by molar-refractivity contribution is 6.21. The quantitative estimate of drug-likeness (QED) is 0.422. The number of hydrogen-bond donors (Lipinski definition) is 0. The monoisotopic (exact) mass is 551 g/mol. The van der Waals surface area contributed by atoms with Gasteiger partial charge < -0.3 is 0 Å². The van der Waals surface area contributed by atoms with Gasteiger partial charge in [-0.1, -0.05) is 43.0 Å². The molecule has 1 atom stereocenters. The number of benzene rings is 2. The molecule has 2 aromatic carbocycles. The summed E-state index contributed by atoms with van der Waals surface area (Å²) in [5.74, 6) is -2.15. The molecular formula is C32H29N3O6. The van der Waals surface area contributed by atoms with Gasteiger partial charge in [0.15, 0.2) is 0 Å². The third-order valence-corrected chi connectivity index (χ3v) is 7.21. The van der Waals surface area contributed by atoms with Gasteiger partial charge in [0.1, 0.15) is 0 Å². The SMILES string of the molecule is C=CC1=C(CC=C=C2CC(=O)N(c3ccccc3)C(=O)C2C)CC(=O)N(C)C1=O.CN1C(=O)c2ccccc2C1=O. The van der Waals surface area contributed by atoms with Crippen LogP contribution in [-0.2, 0) is 19.2 Å². The van der Waals surface area contributed by atoms with Crippen molar-refractivity contribution in [2.75, 3.05) is 19.0 Å². The summed E-state index contributed by atoms with van der Waals surface area (Å²) in [6.07, 6.45) is 3.68. The number of nitrogens with zero attached hydrogens (tertiary/aromatic N) is 3. The second-order valence-electron chi connectivity index (χ2n) is 9.75. The predicted molar refractivity (Wildman–Crippen MR) is 151 cm³/mol. The summed E-state index contributed by atoms with van der Waals surface area (Å²) in [5, 5.41) is 0. The first-order valence-corrected chi connectivity index (χ1v) is 13.0. The Balaban J connectivity index is 0.000000267. The van der Waals surface area contributed by atoms with Crippen LogP contribution in [0.1, 0.15) is 46.9 Å². The Morgan fingerprint density at radius 2 is 1.39 bits per heavy atom. The van der Waals surface area contributed by atoms with E-state index >= 15 is 0 Å². The molecule has 41 heavy (non-hydrogen) atoms. The molecule has 208 valence electrons. The molecule has 2 aromatic rings. The number of rotatable bonds is 4. The van der Waals surface area contributed by atoms with Crippen LogP contribution in [0.3, 0.4) is 0 Å². The number of hydrogen-bond acceptors (Lipinski definition) is 6. The van der Waals surface area contributed by atoms with E-state index in [4.69, 9.17) is 0 Å². The molecule has 3 aliphatic heterocycles. The number of carbonyl (C=O) groups excluding carboxylic acids is 6. The fourth-order valence-electron chi connectivity index (χ4n) is 4.76. The van der Waals surface area contributed by atoms with Crippen molar-refractivity contribution in [3.63, 3.8) is 0 Å². The van der Waals surface area contributed by atoms with E-state index in [2.05, 4.69) is 12.3 Å². The van der Waals surface area contributed by atoms with Gasteiger partial charge in [0.2, 0.25) is 17.7 Å². The summed E-state index contributed by atoms with van der Waals surface area (Å²) in [4.78, 5) is 75.5. The van der Waals surface area contributed by atoms with Crippen molar-refractivity contribution in [2.24, 2.45) is 5.92 Å². The molecule has 1 unspecified atom stereocenters. The number of para-hydroxylation sites is 1. The van der Waals surface area contributed by atoms with Gasteiger partial charge in [-0.05, 0) is 54.8 Å².